The van der Waals surface area contributed by atoms with E-state index in [4.69, 9.17) is 21.1 Å². The third-order valence-electron chi connectivity index (χ3n) is 3.41. The Bertz CT molecular complexity index is 831. The summed E-state index contributed by atoms with van der Waals surface area (Å²) < 4.78 is 48.4. The Morgan fingerprint density at radius 1 is 1.23 bits per heavy atom. The van der Waals surface area contributed by atoms with Crippen molar-refractivity contribution in [3.05, 3.63) is 70.4 Å². The van der Waals surface area contributed by atoms with E-state index < -0.39 is 22.7 Å². The molecule has 0 amide bonds. The summed E-state index contributed by atoms with van der Waals surface area (Å²) in [5, 5.41) is 8.82. The van der Waals surface area contributed by atoms with Crippen LogP contribution >= 0.6 is 11.6 Å². The Labute approximate surface area is 152 Å². The molecule has 0 unspecified atom stereocenters. The Kier molecular flexibility index (Phi) is 6.15. The maximum Gasteiger partial charge on any atom is 0.417 e. The first-order valence-electron chi connectivity index (χ1n) is 7.28. The number of carboxylic acid groups (broad SMARTS) is 1. The lowest BCUT2D eigenvalue weighted by molar-refractivity contribution is -0.137. The van der Waals surface area contributed by atoms with Crippen LogP contribution in [0, 0.1) is 0 Å². The molecule has 2 rings (SSSR count). The van der Waals surface area contributed by atoms with E-state index in [9.17, 15) is 23.1 Å². The second-order valence-electron chi connectivity index (χ2n) is 5.16. The van der Waals surface area contributed by atoms with Gasteiger partial charge in [-0.05, 0) is 29.3 Å². The first-order valence-corrected chi connectivity index (χ1v) is 7.66. The predicted octanol–water partition coefficient (Wildman–Crippen LogP) is 5.01. The highest BCUT2D eigenvalue weighted by Gasteiger charge is 2.33. The summed E-state index contributed by atoms with van der Waals surface area (Å²) in [7, 11) is 1.33. The highest BCUT2D eigenvalue weighted by atomic mass is 35.5. The van der Waals surface area contributed by atoms with Crippen molar-refractivity contribution in [2.24, 2.45) is 0 Å². The predicted molar refractivity (Wildman–Crippen MR) is 89.8 cm³/mol. The summed E-state index contributed by atoms with van der Waals surface area (Å²) in [5.74, 6) is -1.05. The van der Waals surface area contributed by atoms with Gasteiger partial charge in [-0.2, -0.15) is 13.2 Å². The molecule has 4 nitrogen and oxygen atoms in total. The van der Waals surface area contributed by atoms with Gasteiger partial charge in [-0.15, -0.1) is 0 Å². The van der Waals surface area contributed by atoms with Crippen LogP contribution in [0.25, 0.3) is 5.57 Å². The van der Waals surface area contributed by atoms with Crippen molar-refractivity contribution in [3.63, 3.8) is 0 Å². The van der Waals surface area contributed by atoms with Crippen LogP contribution < -0.4 is 4.74 Å². The SMILES string of the molecule is CO/C=C(/C(=O)O)c1ccccc1COc1ccc(C(F)(F)F)c(Cl)c1. The van der Waals surface area contributed by atoms with E-state index in [2.05, 4.69) is 0 Å². The van der Waals surface area contributed by atoms with Gasteiger partial charge in [-0.3, -0.25) is 0 Å². The average Bonchev–Trinajstić information content (AvgIpc) is 2.57. The zero-order valence-corrected chi connectivity index (χ0v) is 14.3. The molecule has 0 atom stereocenters. The van der Waals surface area contributed by atoms with E-state index in [1.165, 1.54) is 7.11 Å². The number of methoxy groups -OCH3 is 1. The zero-order chi connectivity index (χ0) is 19.3. The molecule has 1 N–H and O–H groups in total. The van der Waals surface area contributed by atoms with Crippen LogP contribution in [0.4, 0.5) is 13.2 Å². The molecule has 0 saturated heterocycles. The molecule has 0 saturated carbocycles. The lowest BCUT2D eigenvalue weighted by Gasteiger charge is -2.13. The fraction of sp³-hybridized carbons (Fsp3) is 0.167. The molecule has 0 bridgehead atoms. The van der Waals surface area contributed by atoms with Crippen LogP contribution in [0.5, 0.6) is 5.75 Å². The van der Waals surface area contributed by atoms with Gasteiger partial charge in [-0.1, -0.05) is 35.9 Å². The monoisotopic (exact) mass is 386 g/mol. The lowest BCUT2D eigenvalue weighted by Crippen LogP contribution is -2.07. The third-order valence-corrected chi connectivity index (χ3v) is 3.73. The van der Waals surface area contributed by atoms with Gasteiger partial charge in [0.1, 0.15) is 17.9 Å². The minimum absolute atomic E-state index is 0.0633. The van der Waals surface area contributed by atoms with E-state index in [0.717, 1.165) is 24.5 Å². The topological polar surface area (TPSA) is 55.8 Å². The first-order chi connectivity index (χ1) is 12.2. The molecule has 0 aliphatic rings. The van der Waals surface area contributed by atoms with Gasteiger partial charge < -0.3 is 14.6 Å². The molecular formula is C18H14ClF3O4. The van der Waals surface area contributed by atoms with E-state index in [1.807, 2.05) is 0 Å². The van der Waals surface area contributed by atoms with Gasteiger partial charge in [0.15, 0.2) is 0 Å². The summed E-state index contributed by atoms with van der Waals surface area (Å²) in [6, 6.07) is 9.62. The quantitative estimate of drug-likeness (QED) is 0.560. The molecule has 0 spiro atoms. The number of carboxylic acids is 1. The molecule has 0 aromatic heterocycles. The summed E-state index contributed by atoms with van der Waals surface area (Å²) in [6.07, 6.45) is -3.46. The lowest BCUT2D eigenvalue weighted by atomic mass is 10.0. The van der Waals surface area contributed by atoms with Gasteiger partial charge in [-0.25, -0.2) is 4.79 Å². The number of carbonyl (C=O) groups is 1. The van der Waals surface area contributed by atoms with Gasteiger partial charge in [0, 0.05) is 0 Å². The van der Waals surface area contributed by atoms with Crippen molar-refractivity contribution < 1.29 is 32.5 Å². The van der Waals surface area contributed by atoms with Crippen LogP contribution in [0.15, 0.2) is 48.7 Å². The van der Waals surface area contributed by atoms with Crippen molar-refractivity contribution in [2.45, 2.75) is 12.8 Å². The minimum Gasteiger partial charge on any atom is -0.503 e. The van der Waals surface area contributed by atoms with Crippen LogP contribution in [0.1, 0.15) is 16.7 Å². The molecule has 138 valence electrons. The number of hydrogen-bond donors (Lipinski definition) is 1. The van der Waals surface area contributed by atoms with Crippen LogP contribution in [-0.2, 0) is 22.3 Å². The van der Waals surface area contributed by atoms with Crippen LogP contribution in [0.2, 0.25) is 5.02 Å². The second-order valence-corrected chi connectivity index (χ2v) is 5.56. The minimum atomic E-state index is -4.55. The molecule has 0 fully saturated rings. The van der Waals surface area contributed by atoms with Crippen molar-refractivity contribution >= 4 is 23.1 Å². The summed E-state index contributed by atoms with van der Waals surface area (Å²) in [6.45, 7) is -0.0633. The van der Waals surface area contributed by atoms with Crippen molar-refractivity contribution in [1.82, 2.24) is 0 Å². The molecule has 8 heteroatoms. The Morgan fingerprint density at radius 2 is 1.92 bits per heavy atom. The Morgan fingerprint density at radius 3 is 2.50 bits per heavy atom. The normalized spacial score (nSPS) is 12.0. The fourth-order valence-corrected chi connectivity index (χ4v) is 2.51. The standard InChI is InChI=1S/C18H14ClF3O4/c1-25-10-14(17(23)24)13-5-3-2-4-11(13)9-26-12-6-7-15(16(19)8-12)18(20,21)22/h2-8,10H,9H2,1H3,(H,23,24)/b14-10+. The number of ether oxygens (including phenoxy) is 2. The van der Waals surface area contributed by atoms with E-state index in [1.54, 1.807) is 24.3 Å². The van der Waals surface area contributed by atoms with Crippen LogP contribution in [-0.4, -0.2) is 18.2 Å². The number of rotatable bonds is 6. The smallest absolute Gasteiger partial charge is 0.417 e. The van der Waals surface area contributed by atoms with E-state index >= 15 is 0 Å². The molecule has 0 heterocycles. The molecule has 26 heavy (non-hydrogen) atoms. The molecule has 0 aliphatic carbocycles. The highest BCUT2D eigenvalue weighted by Crippen LogP contribution is 2.36. The van der Waals surface area contributed by atoms with Crippen molar-refractivity contribution in [1.29, 1.82) is 0 Å². The third kappa shape index (κ3) is 4.70. The van der Waals surface area contributed by atoms with Gasteiger partial charge in [0.05, 0.1) is 24.0 Å². The van der Waals surface area contributed by atoms with Crippen LogP contribution in [0.3, 0.4) is 0 Å². The largest absolute Gasteiger partial charge is 0.503 e. The number of alkyl halides is 3. The number of hydrogen-bond acceptors (Lipinski definition) is 3. The molecule has 0 radical (unpaired) electrons. The maximum atomic E-state index is 12.7. The van der Waals surface area contributed by atoms with Gasteiger partial charge >= 0.3 is 12.1 Å². The number of benzene rings is 2. The van der Waals surface area contributed by atoms with Gasteiger partial charge in [0.2, 0.25) is 0 Å². The Balaban J connectivity index is 2.25. The fourth-order valence-electron chi connectivity index (χ4n) is 2.23. The van der Waals surface area contributed by atoms with E-state index in [-0.39, 0.29) is 17.9 Å². The molecule has 2 aromatic rings. The molecule has 2 aromatic carbocycles. The first kappa shape index (κ1) is 19.7. The molecular weight excluding hydrogens is 373 g/mol. The average molecular weight is 387 g/mol. The van der Waals surface area contributed by atoms with E-state index in [0.29, 0.717) is 11.1 Å². The second kappa shape index (κ2) is 8.14. The van der Waals surface area contributed by atoms with Crippen molar-refractivity contribution in [3.8, 4) is 5.75 Å². The summed E-state index contributed by atoms with van der Waals surface area (Å²) in [5.41, 5.74) is -0.130. The summed E-state index contributed by atoms with van der Waals surface area (Å²) >= 11 is 5.66. The number of aliphatic carboxylic acids is 1. The highest BCUT2D eigenvalue weighted by molar-refractivity contribution is 6.31. The maximum absolute atomic E-state index is 12.7. The Hall–Kier alpha value is -2.67. The molecule has 0 aliphatic heterocycles. The number of halogens is 4. The van der Waals surface area contributed by atoms with Gasteiger partial charge in [0.25, 0.3) is 0 Å². The zero-order valence-electron chi connectivity index (χ0n) is 13.5. The van der Waals surface area contributed by atoms with Crippen molar-refractivity contribution in [2.75, 3.05) is 7.11 Å². The summed E-state index contributed by atoms with van der Waals surface area (Å²) in [4.78, 5) is 11.4.